The van der Waals surface area contributed by atoms with Crippen molar-refractivity contribution in [2.45, 2.75) is 13.5 Å². The molecule has 0 bridgehead atoms. The highest BCUT2D eigenvalue weighted by atomic mass is 16.5. The van der Waals surface area contributed by atoms with Gasteiger partial charge in [-0.3, -0.25) is 0 Å². The number of para-hydroxylation sites is 1. The van der Waals surface area contributed by atoms with Crippen molar-refractivity contribution < 1.29 is 4.74 Å². The summed E-state index contributed by atoms with van der Waals surface area (Å²) in [6.45, 7) is 2.45. The van der Waals surface area contributed by atoms with Crippen molar-refractivity contribution in [1.82, 2.24) is 15.0 Å². The second-order valence-electron chi connectivity index (χ2n) is 3.30. The highest BCUT2D eigenvalue weighted by Crippen LogP contribution is 2.12. The molecule has 2 rings (SSSR count). The predicted molar refractivity (Wildman–Crippen MR) is 56.8 cm³/mol. The van der Waals surface area contributed by atoms with Crippen LogP contribution in [0.4, 0.5) is 0 Å². The standard InChI is InChI=1S/C11H13N3O/c1-9-11(8-15-2)14(13-12-9)10-6-4-3-5-7-10/h3-7H,8H2,1-2H3. The lowest BCUT2D eigenvalue weighted by molar-refractivity contribution is 0.178. The normalized spacial score (nSPS) is 10.5. The number of hydrogen-bond acceptors (Lipinski definition) is 3. The molecule has 78 valence electrons. The van der Waals surface area contributed by atoms with Gasteiger partial charge in [-0.1, -0.05) is 23.4 Å². The molecule has 0 aliphatic rings. The van der Waals surface area contributed by atoms with Gasteiger partial charge < -0.3 is 4.74 Å². The Balaban J connectivity index is 2.44. The van der Waals surface area contributed by atoms with E-state index in [2.05, 4.69) is 10.3 Å². The summed E-state index contributed by atoms with van der Waals surface area (Å²) >= 11 is 0. The molecular formula is C11H13N3O. The fourth-order valence-electron chi connectivity index (χ4n) is 1.46. The largest absolute Gasteiger partial charge is 0.378 e. The average Bonchev–Trinajstić information content (AvgIpc) is 2.63. The maximum atomic E-state index is 5.13. The van der Waals surface area contributed by atoms with Crippen molar-refractivity contribution in [2.75, 3.05) is 7.11 Å². The van der Waals surface area contributed by atoms with E-state index in [4.69, 9.17) is 4.74 Å². The molecule has 0 saturated heterocycles. The molecule has 0 N–H and O–H groups in total. The zero-order valence-corrected chi connectivity index (χ0v) is 8.84. The average molecular weight is 203 g/mol. The second-order valence-corrected chi connectivity index (χ2v) is 3.30. The maximum absolute atomic E-state index is 5.13. The molecule has 0 aliphatic heterocycles. The number of aryl methyl sites for hydroxylation is 1. The van der Waals surface area contributed by atoms with E-state index in [0.29, 0.717) is 6.61 Å². The van der Waals surface area contributed by atoms with Crippen LogP contribution in [0.2, 0.25) is 0 Å². The van der Waals surface area contributed by atoms with E-state index in [1.54, 1.807) is 11.8 Å². The van der Waals surface area contributed by atoms with E-state index >= 15 is 0 Å². The molecule has 0 fully saturated rings. The van der Waals surface area contributed by atoms with E-state index in [1.165, 1.54) is 0 Å². The van der Waals surface area contributed by atoms with Crippen molar-refractivity contribution >= 4 is 0 Å². The van der Waals surface area contributed by atoms with Gasteiger partial charge in [-0.05, 0) is 19.1 Å². The number of ether oxygens (including phenoxy) is 1. The summed E-state index contributed by atoms with van der Waals surface area (Å²) in [5, 5.41) is 8.14. The zero-order chi connectivity index (χ0) is 10.7. The summed E-state index contributed by atoms with van der Waals surface area (Å²) in [5.74, 6) is 0. The molecule has 2 aromatic rings. The van der Waals surface area contributed by atoms with Crippen LogP contribution in [-0.4, -0.2) is 22.1 Å². The Hall–Kier alpha value is -1.68. The van der Waals surface area contributed by atoms with Gasteiger partial charge in [-0.2, -0.15) is 0 Å². The van der Waals surface area contributed by atoms with Crippen LogP contribution in [0.1, 0.15) is 11.4 Å². The van der Waals surface area contributed by atoms with Gasteiger partial charge in [-0.15, -0.1) is 5.10 Å². The number of hydrogen-bond donors (Lipinski definition) is 0. The topological polar surface area (TPSA) is 39.9 Å². The van der Waals surface area contributed by atoms with E-state index in [1.807, 2.05) is 37.3 Å². The lowest BCUT2D eigenvalue weighted by Gasteiger charge is -2.05. The van der Waals surface area contributed by atoms with Crippen LogP contribution in [0, 0.1) is 6.92 Å². The third-order valence-electron chi connectivity index (χ3n) is 2.24. The zero-order valence-electron chi connectivity index (χ0n) is 8.84. The number of aromatic nitrogens is 3. The Kier molecular flexibility index (Phi) is 2.78. The maximum Gasteiger partial charge on any atom is 0.0931 e. The van der Waals surface area contributed by atoms with Crippen LogP contribution in [0.25, 0.3) is 5.69 Å². The summed E-state index contributed by atoms with van der Waals surface area (Å²) in [4.78, 5) is 0. The third-order valence-corrected chi connectivity index (χ3v) is 2.24. The number of nitrogens with zero attached hydrogens (tertiary/aromatic N) is 3. The van der Waals surface area contributed by atoms with Crippen LogP contribution >= 0.6 is 0 Å². The molecule has 1 heterocycles. The summed E-state index contributed by atoms with van der Waals surface area (Å²) in [7, 11) is 1.67. The molecule has 4 nitrogen and oxygen atoms in total. The van der Waals surface area contributed by atoms with Crippen LogP contribution in [-0.2, 0) is 11.3 Å². The van der Waals surface area contributed by atoms with Crippen molar-refractivity contribution in [3.8, 4) is 5.69 Å². The molecule has 0 aliphatic carbocycles. The fraction of sp³-hybridized carbons (Fsp3) is 0.273. The first-order valence-electron chi connectivity index (χ1n) is 4.78. The number of methoxy groups -OCH3 is 1. The Morgan fingerprint density at radius 2 is 2.00 bits per heavy atom. The second kappa shape index (κ2) is 4.23. The van der Waals surface area contributed by atoms with Gasteiger partial charge in [0.15, 0.2) is 0 Å². The molecule has 0 saturated carbocycles. The molecule has 1 aromatic carbocycles. The summed E-state index contributed by atoms with van der Waals surface area (Å²) in [6.07, 6.45) is 0. The molecule has 1 aromatic heterocycles. The number of rotatable bonds is 3. The van der Waals surface area contributed by atoms with Gasteiger partial charge in [0.25, 0.3) is 0 Å². The summed E-state index contributed by atoms with van der Waals surface area (Å²) < 4.78 is 6.93. The first-order valence-corrected chi connectivity index (χ1v) is 4.78. The van der Waals surface area contributed by atoms with Gasteiger partial charge in [0.05, 0.1) is 23.7 Å². The van der Waals surface area contributed by atoms with Crippen molar-refractivity contribution in [2.24, 2.45) is 0 Å². The molecule has 0 unspecified atom stereocenters. The minimum atomic E-state index is 0.522. The first kappa shape index (κ1) is 9.86. The molecule has 4 heteroatoms. The lowest BCUT2D eigenvalue weighted by atomic mass is 10.3. The smallest absolute Gasteiger partial charge is 0.0931 e. The van der Waals surface area contributed by atoms with E-state index < -0.39 is 0 Å². The molecule has 0 amide bonds. The molecule has 0 atom stereocenters. The van der Waals surface area contributed by atoms with Crippen molar-refractivity contribution in [3.63, 3.8) is 0 Å². The summed E-state index contributed by atoms with van der Waals surface area (Å²) in [6, 6.07) is 9.91. The lowest BCUT2D eigenvalue weighted by Crippen LogP contribution is -2.03. The summed E-state index contributed by atoms with van der Waals surface area (Å²) in [5.41, 5.74) is 2.90. The van der Waals surface area contributed by atoms with Gasteiger partial charge in [0.1, 0.15) is 0 Å². The Morgan fingerprint density at radius 3 is 2.67 bits per heavy atom. The highest BCUT2D eigenvalue weighted by molar-refractivity contribution is 5.32. The van der Waals surface area contributed by atoms with Crippen LogP contribution < -0.4 is 0 Å². The quantitative estimate of drug-likeness (QED) is 0.762. The SMILES string of the molecule is COCc1c(C)nnn1-c1ccccc1. The minimum Gasteiger partial charge on any atom is -0.378 e. The molecular weight excluding hydrogens is 190 g/mol. The molecule has 15 heavy (non-hydrogen) atoms. The molecule has 0 spiro atoms. The third kappa shape index (κ3) is 1.89. The van der Waals surface area contributed by atoms with Gasteiger partial charge in [-0.25, -0.2) is 4.68 Å². The number of benzene rings is 1. The van der Waals surface area contributed by atoms with Crippen LogP contribution in [0.15, 0.2) is 30.3 Å². The first-order chi connectivity index (χ1) is 7.33. The van der Waals surface area contributed by atoms with E-state index in [0.717, 1.165) is 17.1 Å². The Morgan fingerprint density at radius 1 is 1.27 bits per heavy atom. The van der Waals surface area contributed by atoms with Crippen LogP contribution in [0.3, 0.4) is 0 Å². The molecule has 0 radical (unpaired) electrons. The minimum absolute atomic E-state index is 0.522. The van der Waals surface area contributed by atoms with E-state index in [9.17, 15) is 0 Å². The van der Waals surface area contributed by atoms with Gasteiger partial charge in [0.2, 0.25) is 0 Å². The fourth-order valence-corrected chi connectivity index (χ4v) is 1.46. The Bertz CT molecular complexity index is 436. The van der Waals surface area contributed by atoms with Crippen LogP contribution in [0.5, 0.6) is 0 Å². The predicted octanol–water partition coefficient (Wildman–Crippen LogP) is 1.72. The van der Waals surface area contributed by atoms with Gasteiger partial charge in [0, 0.05) is 7.11 Å². The van der Waals surface area contributed by atoms with Crippen molar-refractivity contribution in [3.05, 3.63) is 41.7 Å². The Labute approximate surface area is 88.5 Å². The van der Waals surface area contributed by atoms with E-state index in [-0.39, 0.29) is 0 Å². The highest BCUT2D eigenvalue weighted by Gasteiger charge is 2.09. The van der Waals surface area contributed by atoms with Gasteiger partial charge >= 0.3 is 0 Å². The van der Waals surface area contributed by atoms with Crippen molar-refractivity contribution in [1.29, 1.82) is 0 Å². The monoisotopic (exact) mass is 203 g/mol.